The SMILES string of the molecule is CN1CCc2c(c(-c3cccc(N)c3)nn2Cc2cnn(-c3ccccc3)c2)C1. The molecule has 0 atom stereocenters. The first-order chi connectivity index (χ1) is 14.2. The molecule has 0 amide bonds. The van der Waals surface area contributed by atoms with Gasteiger partial charge in [0.15, 0.2) is 0 Å². The number of anilines is 1. The Labute approximate surface area is 170 Å². The minimum atomic E-state index is 0.710. The van der Waals surface area contributed by atoms with Crippen molar-refractivity contribution in [2.24, 2.45) is 0 Å². The molecule has 0 aliphatic carbocycles. The van der Waals surface area contributed by atoms with E-state index in [1.165, 1.54) is 11.3 Å². The summed E-state index contributed by atoms with van der Waals surface area (Å²) in [5.74, 6) is 0. The molecule has 29 heavy (non-hydrogen) atoms. The lowest BCUT2D eigenvalue weighted by Gasteiger charge is -2.23. The van der Waals surface area contributed by atoms with E-state index in [4.69, 9.17) is 10.8 Å². The molecular weight excluding hydrogens is 360 g/mol. The van der Waals surface area contributed by atoms with Gasteiger partial charge in [0.05, 0.1) is 24.1 Å². The number of nitrogen functional groups attached to an aromatic ring is 1. The first-order valence-electron chi connectivity index (χ1n) is 9.89. The number of likely N-dealkylation sites (N-methyl/N-ethyl adjacent to an activating group) is 1. The second-order valence-electron chi connectivity index (χ2n) is 7.67. The molecule has 1 aliphatic heterocycles. The quantitative estimate of drug-likeness (QED) is 0.548. The Morgan fingerprint density at radius 2 is 1.93 bits per heavy atom. The summed E-state index contributed by atoms with van der Waals surface area (Å²) in [6.45, 7) is 2.66. The molecule has 0 bridgehead atoms. The molecule has 6 heteroatoms. The molecule has 0 spiro atoms. The van der Waals surface area contributed by atoms with E-state index in [0.717, 1.165) is 47.7 Å². The monoisotopic (exact) mass is 384 g/mol. The van der Waals surface area contributed by atoms with Crippen LogP contribution in [0.2, 0.25) is 0 Å². The molecule has 0 saturated heterocycles. The minimum absolute atomic E-state index is 0.710. The van der Waals surface area contributed by atoms with Crippen molar-refractivity contribution in [1.29, 1.82) is 0 Å². The zero-order valence-electron chi connectivity index (χ0n) is 16.5. The standard InChI is InChI=1S/C23H24N6/c1-27-11-10-22-21(16-27)23(18-6-5-7-19(24)12-18)26-29(22)15-17-13-25-28(14-17)20-8-3-2-4-9-20/h2-9,12-14H,10-11,15-16,24H2,1H3. The predicted molar refractivity (Wildman–Crippen MR) is 115 cm³/mol. The van der Waals surface area contributed by atoms with Gasteiger partial charge in [-0.2, -0.15) is 10.2 Å². The first-order valence-corrected chi connectivity index (χ1v) is 9.89. The second kappa shape index (κ2) is 7.22. The van der Waals surface area contributed by atoms with Crippen molar-refractivity contribution in [3.8, 4) is 16.9 Å². The van der Waals surface area contributed by atoms with E-state index in [0.29, 0.717) is 6.54 Å². The van der Waals surface area contributed by atoms with Crippen LogP contribution >= 0.6 is 0 Å². The van der Waals surface area contributed by atoms with Gasteiger partial charge in [-0.3, -0.25) is 4.68 Å². The van der Waals surface area contributed by atoms with E-state index in [9.17, 15) is 0 Å². The van der Waals surface area contributed by atoms with E-state index >= 15 is 0 Å². The number of nitrogens with zero attached hydrogens (tertiary/aromatic N) is 5. The highest BCUT2D eigenvalue weighted by molar-refractivity contribution is 5.68. The molecule has 3 heterocycles. The second-order valence-corrected chi connectivity index (χ2v) is 7.67. The summed E-state index contributed by atoms with van der Waals surface area (Å²) in [4.78, 5) is 2.34. The van der Waals surface area contributed by atoms with Crippen molar-refractivity contribution in [1.82, 2.24) is 24.5 Å². The molecule has 5 rings (SSSR count). The first kappa shape index (κ1) is 17.7. The van der Waals surface area contributed by atoms with Crippen molar-refractivity contribution in [2.75, 3.05) is 19.3 Å². The number of hydrogen-bond acceptors (Lipinski definition) is 4. The van der Waals surface area contributed by atoms with Gasteiger partial charge < -0.3 is 10.6 Å². The molecule has 2 N–H and O–H groups in total. The summed E-state index contributed by atoms with van der Waals surface area (Å²) in [6, 6.07) is 18.2. The third-order valence-corrected chi connectivity index (χ3v) is 5.47. The van der Waals surface area contributed by atoms with Crippen LogP contribution in [-0.2, 0) is 19.5 Å². The van der Waals surface area contributed by atoms with Crippen LogP contribution in [0.4, 0.5) is 5.69 Å². The Balaban J connectivity index is 1.51. The summed E-state index contributed by atoms with van der Waals surface area (Å²) in [5.41, 5.74) is 13.7. The van der Waals surface area contributed by atoms with Gasteiger partial charge in [0, 0.05) is 53.8 Å². The Morgan fingerprint density at radius 1 is 1.07 bits per heavy atom. The molecule has 2 aromatic heterocycles. The van der Waals surface area contributed by atoms with Crippen LogP contribution in [0.1, 0.15) is 16.8 Å². The Bertz CT molecular complexity index is 1140. The molecule has 6 nitrogen and oxygen atoms in total. The number of aromatic nitrogens is 4. The zero-order chi connectivity index (χ0) is 19.8. The summed E-state index contributed by atoms with van der Waals surface area (Å²) in [6.07, 6.45) is 5.00. The number of para-hydroxylation sites is 1. The van der Waals surface area contributed by atoms with Crippen molar-refractivity contribution in [2.45, 2.75) is 19.5 Å². The third kappa shape index (κ3) is 3.43. The average Bonchev–Trinajstić information content (AvgIpc) is 3.34. The highest BCUT2D eigenvalue weighted by Gasteiger charge is 2.24. The topological polar surface area (TPSA) is 64.9 Å². The fourth-order valence-electron chi connectivity index (χ4n) is 4.01. The van der Waals surface area contributed by atoms with Gasteiger partial charge in [0.2, 0.25) is 0 Å². The normalized spacial score (nSPS) is 14.1. The number of rotatable bonds is 4. The van der Waals surface area contributed by atoms with Gasteiger partial charge in [-0.15, -0.1) is 0 Å². The maximum atomic E-state index is 6.03. The lowest BCUT2D eigenvalue weighted by atomic mass is 10.0. The molecule has 4 aromatic rings. The van der Waals surface area contributed by atoms with E-state index in [1.54, 1.807) is 0 Å². The van der Waals surface area contributed by atoms with Gasteiger partial charge in [-0.05, 0) is 31.3 Å². The van der Waals surface area contributed by atoms with Gasteiger partial charge >= 0.3 is 0 Å². The van der Waals surface area contributed by atoms with E-state index in [2.05, 4.69) is 46.1 Å². The van der Waals surface area contributed by atoms with Gasteiger partial charge in [0.25, 0.3) is 0 Å². The Morgan fingerprint density at radius 3 is 2.76 bits per heavy atom. The van der Waals surface area contributed by atoms with Crippen LogP contribution in [0.25, 0.3) is 16.9 Å². The highest BCUT2D eigenvalue weighted by Crippen LogP contribution is 2.31. The number of benzene rings is 2. The molecule has 0 fully saturated rings. The van der Waals surface area contributed by atoms with Crippen LogP contribution in [0, 0.1) is 0 Å². The van der Waals surface area contributed by atoms with Crippen LogP contribution < -0.4 is 5.73 Å². The summed E-state index contributed by atoms with van der Waals surface area (Å²) < 4.78 is 4.06. The number of nitrogens with two attached hydrogens (primary N) is 1. The van der Waals surface area contributed by atoms with Crippen molar-refractivity contribution < 1.29 is 0 Å². The van der Waals surface area contributed by atoms with Gasteiger partial charge in [-0.25, -0.2) is 4.68 Å². The van der Waals surface area contributed by atoms with Gasteiger partial charge in [0.1, 0.15) is 0 Å². The lowest BCUT2D eigenvalue weighted by Crippen LogP contribution is -2.27. The van der Waals surface area contributed by atoms with E-state index in [-0.39, 0.29) is 0 Å². The van der Waals surface area contributed by atoms with E-state index < -0.39 is 0 Å². The summed E-state index contributed by atoms with van der Waals surface area (Å²) in [5, 5.41) is 9.55. The molecule has 146 valence electrons. The van der Waals surface area contributed by atoms with Crippen LogP contribution in [0.5, 0.6) is 0 Å². The smallest absolute Gasteiger partial charge is 0.0972 e. The molecule has 1 aliphatic rings. The third-order valence-electron chi connectivity index (χ3n) is 5.47. The maximum absolute atomic E-state index is 6.03. The van der Waals surface area contributed by atoms with Gasteiger partial charge in [-0.1, -0.05) is 30.3 Å². The summed E-state index contributed by atoms with van der Waals surface area (Å²) in [7, 11) is 2.16. The molecule has 0 saturated carbocycles. The Hall–Kier alpha value is -3.38. The Kier molecular flexibility index (Phi) is 4.41. The van der Waals surface area contributed by atoms with Crippen LogP contribution in [-0.4, -0.2) is 38.1 Å². The lowest BCUT2D eigenvalue weighted by molar-refractivity contribution is 0.308. The van der Waals surface area contributed by atoms with Crippen LogP contribution in [0.3, 0.4) is 0 Å². The molecular formula is C23H24N6. The number of hydrogen-bond donors (Lipinski definition) is 1. The van der Waals surface area contributed by atoms with Crippen LogP contribution in [0.15, 0.2) is 67.0 Å². The highest BCUT2D eigenvalue weighted by atomic mass is 15.3. The molecule has 0 radical (unpaired) electrons. The maximum Gasteiger partial charge on any atom is 0.0972 e. The predicted octanol–water partition coefficient (Wildman–Crippen LogP) is 3.35. The molecule has 2 aromatic carbocycles. The number of fused-ring (bicyclic) bond motifs is 1. The van der Waals surface area contributed by atoms with Crippen molar-refractivity contribution in [3.05, 3.63) is 83.8 Å². The fraction of sp³-hybridized carbons (Fsp3) is 0.217. The van der Waals surface area contributed by atoms with Crippen molar-refractivity contribution >= 4 is 5.69 Å². The van der Waals surface area contributed by atoms with Crippen molar-refractivity contribution in [3.63, 3.8) is 0 Å². The largest absolute Gasteiger partial charge is 0.399 e. The zero-order valence-corrected chi connectivity index (χ0v) is 16.5. The fourth-order valence-corrected chi connectivity index (χ4v) is 4.01. The molecule has 0 unspecified atom stereocenters. The average molecular weight is 384 g/mol. The summed E-state index contributed by atoms with van der Waals surface area (Å²) >= 11 is 0. The van der Waals surface area contributed by atoms with E-state index in [1.807, 2.05) is 47.3 Å². The minimum Gasteiger partial charge on any atom is -0.399 e.